The number of esters is 1. The second kappa shape index (κ2) is 11.6. The van der Waals surface area contributed by atoms with Crippen molar-refractivity contribution in [3.05, 3.63) is 99.5 Å². The molecule has 192 valence electrons. The quantitative estimate of drug-likeness (QED) is 0.415. The van der Waals surface area contributed by atoms with Crippen LogP contribution in [0.4, 0.5) is 0 Å². The molecule has 0 aromatic heterocycles. The summed E-state index contributed by atoms with van der Waals surface area (Å²) < 4.78 is 11.0. The van der Waals surface area contributed by atoms with Gasteiger partial charge in [0, 0.05) is 11.0 Å². The summed E-state index contributed by atoms with van der Waals surface area (Å²) in [6, 6.07) is 20.5. The summed E-state index contributed by atoms with van der Waals surface area (Å²) in [5.41, 5.74) is 3.18. The number of nitrogens with one attached hydrogen (secondary N) is 1. The predicted molar refractivity (Wildman–Crippen MR) is 143 cm³/mol. The third-order valence-corrected chi connectivity index (χ3v) is 7.38. The lowest BCUT2D eigenvalue weighted by molar-refractivity contribution is -0.146. The number of ether oxygens (including phenoxy) is 2. The first-order chi connectivity index (χ1) is 17.8. The zero-order valence-electron chi connectivity index (χ0n) is 20.9. The molecular weight excluding hydrogens is 536 g/mol. The largest absolute Gasteiger partial charge is 0.497 e. The Morgan fingerprint density at radius 2 is 1.65 bits per heavy atom. The van der Waals surface area contributed by atoms with E-state index in [2.05, 4.69) is 21.2 Å². The predicted octanol–water partition coefficient (Wildman–Crippen LogP) is 4.83. The smallest absolute Gasteiger partial charge is 0.311 e. The number of hydrogen-bond acceptors (Lipinski definition) is 5. The Balaban J connectivity index is 1.73. The maximum atomic E-state index is 14.0. The average molecular weight is 565 g/mol. The van der Waals surface area contributed by atoms with Gasteiger partial charge in [-0.15, -0.1) is 0 Å². The van der Waals surface area contributed by atoms with Gasteiger partial charge in [-0.2, -0.15) is 0 Å². The van der Waals surface area contributed by atoms with Crippen molar-refractivity contribution in [3.63, 3.8) is 0 Å². The van der Waals surface area contributed by atoms with Crippen LogP contribution >= 0.6 is 15.9 Å². The summed E-state index contributed by atoms with van der Waals surface area (Å²) in [7, 11) is 2.89. The van der Waals surface area contributed by atoms with E-state index in [0.29, 0.717) is 27.9 Å². The fraction of sp³-hybridized carbons (Fsp3) is 0.276. The molecule has 0 saturated carbocycles. The molecular formula is C29H29BrN2O5. The molecule has 1 fully saturated rings. The molecule has 3 atom stereocenters. The van der Waals surface area contributed by atoms with Crippen LogP contribution in [0.25, 0.3) is 0 Å². The van der Waals surface area contributed by atoms with E-state index in [1.807, 2.05) is 49.4 Å². The first kappa shape index (κ1) is 26.4. The van der Waals surface area contributed by atoms with E-state index in [-0.39, 0.29) is 18.2 Å². The van der Waals surface area contributed by atoms with Crippen molar-refractivity contribution >= 4 is 33.7 Å². The van der Waals surface area contributed by atoms with Gasteiger partial charge in [0.1, 0.15) is 11.8 Å². The zero-order valence-corrected chi connectivity index (χ0v) is 22.5. The first-order valence-corrected chi connectivity index (χ1v) is 12.8. The highest BCUT2D eigenvalue weighted by Crippen LogP contribution is 2.43. The minimum Gasteiger partial charge on any atom is -0.497 e. The second-order valence-electron chi connectivity index (χ2n) is 8.99. The number of likely N-dealkylation sites (tertiary alicyclic amines) is 1. The number of hydrogen-bond donors (Lipinski definition) is 1. The molecule has 1 N–H and O–H groups in total. The lowest BCUT2D eigenvalue weighted by Crippen LogP contribution is -2.46. The number of halogens is 1. The summed E-state index contributed by atoms with van der Waals surface area (Å²) >= 11 is 3.46. The number of benzene rings is 3. The number of methoxy groups -OCH3 is 2. The standard InChI is InChI=1S/C29H29BrN2O5/c1-18-8-10-19(11-9-18)17-31-27(33)25-16-23(29(35)37-3)26(20-12-14-21(36-2)15-13-20)32(25)28(34)22-6-4-5-7-24(22)30/h4-15,23,25-26H,16-17H2,1-3H3,(H,31,33). The van der Waals surface area contributed by atoms with Crippen LogP contribution in [-0.4, -0.2) is 42.9 Å². The van der Waals surface area contributed by atoms with Crippen LogP contribution in [0.2, 0.25) is 0 Å². The van der Waals surface area contributed by atoms with E-state index in [4.69, 9.17) is 9.47 Å². The summed E-state index contributed by atoms with van der Waals surface area (Å²) in [6.07, 6.45) is 0.138. The van der Waals surface area contributed by atoms with Crippen LogP contribution in [0.3, 0.4) is 0 Å². The highest BCUT2D eigenvalue weighted by atomic mass is 79.9. The Labute approximate surface area is 224 Å². The minimum atomic E-state index is -0.874. The molecule has 1 aliphatic rings. The molecule has 1 aliphatic heterocycles. The monoisotopic (exact) mass is 564 g/mol. The van der Waals surface area contributed by atoms with Gasteiger partial charge in [-0.3, -0.25) is 14.4 Å². The number of rotatable bonds is 7. The van der Waals surface area contributed by atoms with E-state index in [9.17, 15) is 14.4 Å². The zero-order chi connectivity index (χ0) is 26.5. The molecule has 37 heavy (non-hydrogen) atoms. The number of aryl methyl sites for hydroxylation is 1. The van der Waals surface area contributed by atoms with Crippen LogP contribution in [0.1, 0.15) is 39.5 Å². The lowest BCUT2D eigenvalue weighted by atomic mass is 9.93. The van der Waals surface area contributed by atoms with Crippen molar-refractivity contribution < 1.29 is 23.9 Å². The van der Waals surface area contributed by atoms with Gasteiger partial charge in [-0.05, 0) is 64.7 Å². The average Bonchev–Trinajstić information content (AvgIpc) is 3.33. The van der Waals surface area contributed by atoms with Gasteiger partial charge in [0.25, 0.3) is 5.91 Å². The fourth-order valence-electron chi connectivity index (χ4n) is 4.73. The number of nitrogens with zero attached hydrogens (tertiary/aromatic N) is 1. The van der Waals surface area contributed by atoms with E-state index in [0.717, 1.165) is 11.1 Å². The third-order valence-electron chi connectivity index (χ3n) is 6.68. The Kier molecular flexibility index (Phi) is 8.28. The summed E-state index contributed by atoms with van der Waals surface area (Å²) in [6.45, 7) is 2.31. The van der Waals surface area contributed by atoms with Gasteiger partial charge in [0.05, 0.1) is 31.7 Å². The summed E-state index contributed by atoms with van der Waals surface area (Å²) in [5, 5.41) is 2.96. The molecule has 7 nitrogen and oxygen atoms in total. The van der Waals surface area contributed by atoms with Crippen molar-refractivity contribution in [2.45, 2.75) is 32.0 Å². The van der Waals surface area contributed by atoms with E-state index in [1.165, 1.54) is 12.0 Å². The molecule has 2 amide bonds. The fourth-order valence-corrected chi connectivity index (χ4v) is 5.18. The molecule has 4 rings (SSSR count). The highest BCUT2D eigenvalue weighted by molar-refractivity contribution is 9.10. The molecule has 3 aromatic rings. The molecule has 3 aromatic carbocycles. The molecule has 0 spiro atoms. The summed E-state index contributed by atoms with van der Waals surface area (Å²) in [5.74, 6) is -1.23. The van der Waals surface area contributed by atoms with Crippen molar-refractivity contribution in [3.8, 4) is 5.75 Å². The van der Waals surface area contributed by atoms with Crippen LogP contribution in [-0.2, 0) is 20.9 Å². The van der Waals surface area contributed by atoms with E-state index in [1.54, 1.807) is 37.4 Å². The maximum absolute atomic E-state index is 14.0. The van der Waals surface area contributed by atoms with Crippen molar-refractivity contribution in [2.24, 2.45) is 5.92 Å². The van der Waals surface area contributed by atoms with Crippen LogP contribution in [0.5, 0.6) is 5.75 Å². The Hall–Kier alpha value is -3.65. The maximum Gasteiger partial charge on any atom is 0.311 e. The SMILES string of the molecule is COC(=O)C1CC(C(=O)NCc2ccc(C)cc2)N(C(=O)c2ccccc2Br)C1c1ccc(OC)cc1. The van der Waals surface area contributed by atoms with Crippen molar-refractivity contribution in [1.29, 1.82) is 0 Å². The van der Waals surface area contributed by atoms with Crippen LogP contribution in [0.15, 0.2) is 77.3 Å². The van der Waals surface area contributed by atoms with Crippen LogP contribution < -0.4 is 10.1 Å². The number of amides is 2. The molecule has 0 aliphatic carbocycles. The normalized spacial score (nSPS) is 18.8. The van der Waals surface area contributed by atoms with Crippen molar-refractivity contribution in [2.75, 3.05) is 14.2 Å². The topological polar surface area (TPSA) is 84.9 Å². The van der Waals surface area contributed by atoms with Crippen molar-refractivity contribution in [1.82, 2.24) is 10.2 Å². The molecule has 1 saturated heterocycles. The Morgan fingerprint density at radius 3 is 2.27 bits per heavy atom. The molecule has 0 radical (unpaired) electrons. The molecule has 8 heteroatoms. The van der Waals surface area contributed by atoms with Gasteiger partial charge in [0.2, 0.25) is 5.91 Å². The third kappa shape index (κ3) is 5.69. The highest BCUT2D eigenvalue weighted by Gasteiger charge is 2.51. The summed E-state index contributed by atoms with van der Waals surface area (Å²) in [4.78, 5) is 42.0. The Morgan fingerprint density at radius 1 is 0.973 bits per heavy atom. The number of carbonyl (C=O) groups is 3. The lowest BCUT2D eigenvalue weighted by Gasteiger charge is -2.31. The second-order valence-corrected chi connectivity index (χ2v) is 9.85. The van der Waals surface area contributed by atoms with Gasteiger partial charge in [-0.25, -0.2) is 0 Å². The van der Waals surface area contributed by atoms with Gasteiger partial charge >= 0.3 is 5.97 Å². The van der Waals surface area contributed by atoms with Gasteiger partial charge in [0.15, 0.2) is 0 Å². The number of carbonyl (C=O) groups excluding carboxylic acids is 3. The molecule has 3 unspecified atom stereocenters. The van der Waals surface area contributed by atoms with Gasteiger partial charge < -0.3 is 19.7 Å². The van der Waals surface area contributed by atoms with Gasteiger partial charge in [-0.1, -0.05) is 54.1 Å². The first-order valence-electron chi connectivity index (χ1n) is 12.0. The molecule has 1 heterocycles. The Bertz CT molecular complexity index is 1280. The van der Waals surface area contributed by atoms with E-state index >= 15 is 0 Å². The minimum absolute atomic E-state index is 0.138. The molecule has 0 bridgehead atoms. The van der Waals surface area contributed by atoms with Crippen LogP contribution in [0, 0.1) is 12.8 Å². The van der Waals surface area contributed by atoms with E-state index < -0.39 is 24.0 Å².